The van der Waals surface area contributed by atoms with Gasteiger partial charge in [0.2, 0.25) is 5.88 Å². The summed E-state index contributed by atoms with van der Waals surface area (Å²) in [7, 11) is 0. The molecule has 0 aliphatic heterocycles. The maximum Gasteiger partial charge on any atom is 0.241 e. The van der Waals surface area contributed by atoms with Gasteiger partial charge in [0.05, 0.1) is 5.56 Å². The predicted molar refractivity (Wildman–Crippen MR) is 106 cm³/mol. The Morgan fingerprint density at radius 2 is 1.73 bits per heavy atom. The third kappa shape index (κ3) is 4.39. The lowest BCUT2D eigenvalue weighted by Gasteiger charge is -2.12. The van der Waals surface area contributed by atoms with Crippen molar-refractivity contribution in [2.45, 2.75) is 33.4 Å². The van der Waals surface area contributed by atoms with Crippen molar-refractivity contribution in [1.29, 1.82) is 5.41 Å². The molecule has 4 nitrogen and oxygen atoms in total. The van der Waals surface area contributed by atoms with Gasteiger partial charge in [0.1, 0.15) is 6.61 Å². The number of rotatable bonds is 8. The van der Waals surface area contributed by atoms with Gasteiger partial charge >= 0.3 is 0 Å². The van der Waals surface area contributed by atoms with Gasteiger partial charge in [-0.05, 0) is 24.5 Å². The Labute approximate surface area is 155 Å². The van der Waals surface area contributed by atoms with Crippen molar-refractivity contribution in [2.75, 3.05) is 0 Å². The summed E-state index contributed by atoms with van der Waals surface area (Å²) >= 11 is 0. The summed E-state index contributed by atoms with van der Waals surface area (Å²) in [5, 5.41) is 12.6. The highest BCUT2D eigenvalue weighted by Crippen LogP contribution is 2.29. The first-order valence-corrected chi connectivity index (χ1v) is 9.02. The lowest BCUT2D eigenvalue weighted by molar-refractivity contribution is 0.289. The molecule has 3 rings (SSSR count). The normalized spacial score (nSPS) is 11.9. The van der Waals surface area contributed by atoms with Gasteiger partial charge in [-0.15, -0.1) is 5.10 Å². The van der Waals surface area contributed by atoms with Crippen LogP contribution < -0.4 is 4.74 Å². The zero-order chi connectivity index (χ0) is 18.4. The van der Waals surface area contributed by atoms with E-state index in [-0.39, 0.29) is 5.92 Å². The minimum atomic E-state index is 0.195. The SMILES string of the molecule is CC[C@@H](Cn1cc(-c2ccccc2)c(OCc2ccccc2)n1)C(C)=N. The Balaban J connectivity index is 1.86. The molecule has 2 aromatic carbocycles. The second kappa shape index (κ2) is 8.48. The number of ether oxygens (including phenoxy) is 1. The summed E-state index contributed by atoms with van der Waals surface area (Å²) < 4.78 is 7.96. The average Bonchev–Trinajstić information content (AvgIpc) is 3.08. The summed E-state index contributed by atoms with van der Waals surface area (Å²) in [5.74, 6) is 0.832. The Morgan fingerprint density at radius 1 is 1.08 bits per heavy atom. The van der Waals surface area contributed by atoms with Crippen molar-refractivity contribution in [3.8, 4) is 17.0 Å². The standard InChI is InChI=1S/C22H25N3O/c1-3-19(17(2)23)14-25-15-21(20-12-8-5-9-13-20)22(24-25)26-16-18-10-6-4-7-11-18/h4-13,15,19,23H,3,14,16H2,1-2H3/t19-/m0/s1. The molecule has 4 heteroatoms. The van der Waals surface area contributed by atoms with Crippen LogP contribution in [-0.2, 0) is 13.2 Å². The van der Waals surface area contributed by atoms with Crippen LogP contribution in [0.1, 0.15) is 25.8 Å². The van der Waals surface area contributed by atoms with Gasteiger partial charge < -0.3 is 10.1 Å². The molecule has 0 bridgehead atoms. The second-order valence-electron chi connectivity index (χ2n) is 6.50. The van der Waals surface area contributed by atoms with Crippen LogP contribution in [0.5, 0.6) is 5.88 Å². The van der Waals surface area contributed by atoms with Crippen LogP contribution in [0.3, 0.4) is 0 Å². The van der Waals surface area contributed by atoms with Gasteiger partial charge in [-0.2, -0.15) is 0 Å². The molecule has 0 radical (unpaired) electrons. The molecule has 0 spiro atoms. The van der Waals surface area contributed by atoms with E-state index in [9.17, 15) is 0 Å². The fourth-order valence-corrected chi connectivity index (χ4v) is 2.94. The van der Waals surface area contributed by atoms with Crippen molar-refractivity contribution in [3.05, 3.63) is 72.4 Å². The average molecular weight is 347 g/mol. The topological polar surface area (TPSA) is 50.9 Å². The van der Waals surface area contributed by atoms with Crippen molar-refractivity contribution in [2.24, 2.45) is 5.92 Å². The highest BCUT2D eigenvalue weighted by atomic mass is 16.5. The van der Waals surface area contributed by atoms with Crippen molar-refractivity contribution < 1.29 is 4.74 Å². The first kappa shape index (κ1) is 17.9. The van der Waals surface area contributed by atoms with Crippen LogP contribution in [-0.4, -0.2) is 15.5 Å². The van der Waals surface area contributed by atoms with E-state index in [2.05, 4.69) is 24.2 Å². The Kier molecular flexibility index (Phi) is 5.84. The van der Waals surface area contributed by atoms with E-state index in [1.54, 1.807) is 0 Å². The zero-order valence-corrected chi connectivity index (χ0v) is 15.4. The Morgan fingerprint density at radius 3 is 2.35 bits per heavy atom. The molecule has 1 heterocycles. The monoisotopic (exact) mass is 347 g/mol. The van der Waals surface area contributed by atoms with Crippen LogP contribution in [0, 0.1) is 11.3 Å². The van der Waals surface area contributed by atoms with Crippen LogP contribution in [0.2, 0.25) is 0 Å². The number of benzene rings is 2. The number of hydrogen-bond donors (Lipinski definition) is 1. The molecule has 0 aliphatic rings. The number of nitrogens with zero attached hydrogens (tertiary/aromatic N) is 2. The minimum absolute atomic E-state index is 0.195. The van der Waals surface area contributed by atoms with Crippen molar-refractivity contribution >= 4 is 5.71 Å². The fourth-order valence-electron chi connectivity index (χ4n) is 2.94. The first-order chi connectivity index (χ1) is 12.7. The van der Waals surface area contributed by atoms with Gasteiger partial charge in [0.15, 0.2) is 0 Å². The highest BCUT2D eigenvalue weighted by molar-refractivity contribution is 5.81. The largest absolute Gasteiger partial charge is 0.471 e. The predicted octanol–water partition coefficient (Wildman–Crippen LogP) is 5.19. The molecular formula is C22H25N3O. The van der Waals surface area contributed by atoms with Gasteiger partial charge in [-0.25, -0.2) is 0 Å². The van der Waals surface area contributed by atoms with Gasteiger partial charge in [0.25, 0.3) is 0 Å². The summed E-state index contributed by atoms with van der Waals surface area (Å²) in [6.07, 6.45) is 2.96. The number of aromatic nitrogens is 2. The highest BCUT2D eigenvalue weighted by Gasteiger charge is 2.16. The van der Waals surface area contributed by atoms with Gasteiger partial charge in [-0.3, -0.25) is 4.68 Å². The lowest BCUT2D eigenvalue weighted by atomic mass is 10.0. The molecule has 134 valence electrons. The third-order valence-corrected chi connectivity index (χ3v) is 4.54. The maximum atomic E-state index is 7.95. The molecule has 26 heavy (non-hydrogen) atoms. The molecule has 0 amide bonds. The smallest absolute Gasteiger partial charge is 0.241 e. The van der Waals surface area contributed by atoms with Crippen LogP contribution in [0.25, 0.3) is 11.1 Å². The van der Waals surface area contributed by atoms with Crippen molar-refractivity contribution in [1.82, 2.24) is 9.78 Å². The molecular weight excluding hydrogens is 322 g/mol. The third-order valence-electron chi connectivity index (χ3n) is 4.54. The van der Waals surface area contributed by atoms with Crippen LogP contribution in [0.4, 0.5) is 0 Å². The van der Waals surface area contributed by atoms with E-state index in [0.717, 1.165) is 23.1 Å². The summed E-state index contributed by atoms with van der Waals surface area (Å²) in [6, 6.07) is 20.3. The molecule has 0 fully saturated rings. The summed E-state index contributed by atoms with van der Waals surface area (Å²) in [6.45, 7) is 5.15. The molecule has 1 aromatic heterocycles. The maximum absolute atomic E-state index is 7.95. The number of hydrogen-bond acceptors (Lipinski definition) is 3. The van der Waals surface area contributed by atoms with Crippen LogP contribution in [0.15, 0.2) is 66.9 Å². The van der Waals surface area contributed by atoms with Crippen LogP contribution >= 0.6 is 0 Å². The molecule has 1 atom stereocenters. The molecule has 3 aromatic rings. The Hall–Kier alpha value is -2.88. The van der Waals surface area contributed by atoms with E-state index in [4.69, 9.17) is 10.1 Å². The van der Waals surface area contributed by atoms with Crippen molar-refractivity contribution in [3.63, 3.8) is 0 Å². The fraction of sp³-hybridized carbons (Fsp3) is 0.273. The van der Waals surface area contributed by atoms with E-state index >= 15 is 0 Å². The zero-order valence-electron chi connectivity index (χ0n) is 15.4. The van der Waals surface area contributed by atoms with E-state index in [0.29, 0.717) is 24.7 Å². The lowest BCUT2D eigenvalue weighted by Crippen LogP contribution is -2.17. The molecule has 1 N–H and O–H groups in total. The molecule has 0 unspecified atom stereocenters. The van der Waals surface area contributed by atoms with E-state index in [1.165, 1.54) is 0 Å². The number of nitrogens with one attached hydrogen (secondary N) is 1. The van der Waals surface area contributed by atoms with E-state index in [1.807, 2.05) is 66.3 Å². The van der Waals surface area contributed by atoms with Gasteiger partial charge in [0, 0.05) is 24.4 Å². The minimum Gasteiger partial charge on any atom is -0.471 e. The molecule has 0 aliphatic carbocycles. The second-order valence-corrected chi connectivity index (χ2v) is 6.50. The quantitative estimate of drug-likeness (QED) is 0.570. The Bertz CT molecular complexity index is 840. The summed E-state index contributed by atoms with van der Waals surface area (Å²) in [5.41, 5.74) is 3.87. The molecule has 0 saturated heterocycles. The first-order valence-electron chi connectivity index (χ1n) is 9.02. The summed E-state index contributed by atoms with van der Waals surface area (Å²) in [4.78, 5) is 0. The van der Waals surface area contributed by atoms with E-state index < -0.39 is 0 Å². The van der Waals surface area contributed by atoms with Gasteiger partial charge in [-0.1, -0.05) is 67.6 Å². The molecule has 0 saturated carbocycles.